The number of rotatable bonds is 4. The van der Waals surface area contributed by atoms with Gasteiger partial charge in [0.05, 0.1) is 22.5 Å². The Bertz CT molecular complexity index is 1290. The Labute approximate surface area is 190 Å². The highest BCUT2D eigenvalue weighted by molar-refractivity contribution is 5.94. The van der Waals surface area contributed by atoms with Crippen LogP contribution in [0.1, 0.15) is 40.5 Å². The number of hydrogen-bond acceptors (Lipinski definition) is 6. The van der Waals surface area contributed by atoms with Gasteiger partial charge in [-0.15, -0.1) is 0 Å². The van der Waals surface area contributed by atoms with Gasteiger partial charge < -0.3 is 9.42 Å². The number of likely N-dealkylation sites (tertiary alicyclic amines) is 1. The lowest BCUT2D eigenvalue weighted by atomic mass is 9.90. The van der Waals surface area contributed by atoms with Gasteiger partial charge >= 0.3 is 0 Å². The van der Waals surface area contributed by atoms with Crippen LogP contribution in [0, 0.1) is 12.7 Å². The van der Waals surface area contributed by atoms with Gasteiger partial charge in [0.25, 0.3) is 5.91 Å². The third-order valence-electron chi connectivity index (χ3n) is 5.85. The van der Waals surface area contributed by atoms with E-state index in [1.165, 1.54) is 12.1 Å². The molecular formula is C25H22FN5O2. The molecule has 1 atom stereocenters. The Kier molecular flexibility index (Phi) is 5.64. The van der Waals surface area contributed by atoms with Crippen LogP contribution in [0.4, 0.5) is 4.39 Å². The van der Waals surface area contributed by atoms with Crippen molar-refractivity contribution in [3.63, 3.8) is 0 Å². The SMILES string of the molecule is Cc1cc(-c2cnc(-c3ccncc3)nc2C2CCCN(C(=O)c3ccccc3F)C2)on1. The number of amides is 1. The molecule has 1 aliphatic rings. The third-order valence-corrected chi connectivity index (χ3v) is 5.85. The van der Waals surface area contributed by atoms with E-state index in [1.807, 2.05) is 25.1 Å². The van der Waals surface area contributed by atoms with E-state index in [1.54, 1.807) is 35.6 Å². The van der Waals surface area contributed by atoms with Gasteiger partial charge in [-0.25, -0.2) is 14.4 Å². The number of carbonyl (C=O) groups is 1. The lowest BCUT2D eigenvalue weighted by Gasteiger charge is -2.33. The molecule has 33 heavy (non-hydrogen) atoms. The monoisotopic (exact) mass is 443 g/mol. The number of pyridine rings is 1. The lowest BCUT2D eigenvalue weighted by Crippen LogP contribution is -2.39. The summed E-state index contributed by atoms with van der Waals surface area (Å²) in [4.78, 5) is 28.3. The first-order valence-corrected chi connectivity index (χ1v) is 10.8. The van der Waals surface area contributed by atoms with Crippen molar-refractivity contribution in [1.82, 2.24) is 25.0 Å². The lowest BCUT2D eigenvalue weighted by molar-refractivity contribution is 0.0701. The average molecular weight is 443 g/mol. The molecule has 4 aromatic rings. The first-order chi connectivity index (χ1) is 16.1. The fourth-order valence-electron chi connectivity index (χ4n) is 4.22. The maximum Gasteiger partial charge on any atom is 0.256 e. The number of halogens is 1. The van der Waals surface area contributed by atoms with E-state index in [0.29, 0.717) is 24.7 Å². The minimum Gasteiger partial charge on any atom is -0.356 e. The summed E-state index contributed by atoms with van der Waals surface area (Å²) in [5.41, 5.74) is 3.23. The molecule has 1 unspecified atom stereocenters. The van der Waals surface area contributed by atoms with Crippen LogP contribution < -0.4 is 0 Å². The van der Waals surface area contributed by atoms with Crippen molar-refractivity contribution < 1.29 is 13.7 Å². The van der Waals surface area contributed by atoms with Crippen LogP contribution in [0.5, 0.6) is 0 Å². The molecule has 0 aliphatic carbocycles. The molecule has 0 spiro atoms. The molecule has 0 bridgehead atoms. The predicted molar refractivity (Wildman–Crippen MR) is 120 cm³/mol. The van der Waals surface area contributed by atoms with Crippen molar-refractivity contribution in [1.29, 1.82) is 0 Å². The third kappa shape index (κ3) is 4.24. The van der Waals surface area contributed by atoms with Crippen molar-refractivity contribution in [2.45, 2.75) is 25.7 Å². The summed E-state index contributed by atoms with van der Waals surface area (Å²) in [6, 6.07) is 11.6. The van der Waals surface area contributed by atoms with E-state index in [-0.39, 0.29) is 17.4 Å². The number of aromatic nitrogens is 4. The molecule has 1 fully saturated rings. The van der Waals surface area contributed by atoms with Crippen molar-refractivity contribution in [3.05, 3.63) is 83.8 Å². The van der Waals surface area contributed by atoms with Gasteiger partial charge in [-0.05, 0) is 44.0 Å². The second-order valence-corrected chi connectivity index (χ2v) is 8.13. The van der Waals surface area contributed by atoms with Crippen LogP contribution in [0.3, 0.4) is 0 Å². The quantitative estimate of drug-likeness (QED) is 0.456. The minimum atomic E-state index is -0.510. The van der Waals surface area contributed by atoms with E-state index in [2.05, 4.69) is 15.1 Å². The first-order valence-electron chi connectivity index (χ1n) is 10.8. The summed E-state index contributed by atoms with van der Waals surface area (Å²) in [5.74, 6) is 0.285. The summed E-state index contributed by atoms with van der Waals surface area (Å²) < 4.78 is 19.8. The van der Waals surface area contributed by atoms with Gasteiger partial charge in [-0.2, -0.15) is 0 Å². The van der Waals surface area contributed by atoms with Gasteiger partial charge in [0.15, 0.2) is 11.6 Å². The maximum absolute atomic E-state index is 14.3. The maximum atomic E-state index is 14.3. The fraction of sp³-hybridized carbons (Fsp3) is 0.240. The van der Waals surface area contributed by atoms with Crippen molar-refractivity contribution in [2.75, 3.05) is 13.1 Å². The summed E-state index contributed by atoms with van der Waals surface area (Å²) in [7, 11) is 0. The Morgan fingerprint density at radius 1 is 1.18 bits per heavy atom. The number of carbonyl (C=O) groups excluding carboxylic acids is 1. The van der Waals surface area contributed by atoms with Crippen molar-refractivity contribution in [3.8, 4) is 22.7 Å². The second kappa shape index (κ2) is 8.90. The Hall–Kier alpha value is -3.94. The molecule has 166 valence electrons. The molecule has 1 amide bonds. The molecule has 0 radical (unpaired) electrons. The fourth-order valence-corrected chi connectivity index (χ4v) is 4.22. The molecule has 1 aromatic carbocycles. The van der Waals surface area contributed by atoms with Gasteiger partial charge in [0.1, 0.15) is 5.82 Å². The zero-order valence-corrected chi connectivity index (χ0v) is 18.1. The van der Waals surface area contributed by atoms with Gasteiger partial charge in [-0.1, -0.05) is 17.3 Å². The summed E-state index contributed by atoms with van der Waals surface area (Å²) in [6.07, 6.45) is 6.76. The van der Waals surface area contributed by atoms with E-state index in [9.17, 15) is 9.18 Å². The highest BCUT2D eigenvalue weighted by atomic mass is 19.1. The standard InChI is InChI=1S/C25H22FN5O2/c1-16-13-22(33-30-16)20-14-28-24(17-8-10-27-11-9-17)29-23(20)18-5-4-12-31(15-18)25(32)19-6-2-3-7-21(19)26/h2-3,6-11,13-14,18H,4-5,12,15H2,1H3. The Balaban J connectivity index is 1.52. The molecule has 1 aliphatic heterocycles. The number of piperidine rings is 1. The summed E-state index contributed by atoms with van der Waals surface area (Å²) >= 11 is 0. The Morgan fingerprint density at radius 2 is 2.00 bits per heavy atom. The van der Waals surface area contributed by atoms with E-state index in [0.717, 1.165) is 35.4 Å². The molecule has 7 nitrogen and oxygen atoms in total. The van der Waals surface area contributed by atoms with Gasteiger partial charge in [0, 0.05) is 49.2 Å². The summed E-state index contributed by atoms with van der Waals surface area (Å²) in [6.45, 7) is 2.86. The number of benzene rings is 1. The molecular weight excluding hydrogens is 421 g/mol. The second-order valence-electron chi connectivity index (χ2n) is 8.13. The molecule has 8 heteroatoms. The zero-order chi connectivity index (χ0) is 22.8. The normalized spacial score (nSPS) is 16.1. The smallest absolute Gasteiger partial charge is 0.256 e. The highest BCUT2D eigenvalue weighted by Gasteiger charge is 2.30. The van der Waals surface area contributed by atoms with Crippen molar-refractivity contribution in [2.24, 2.45) is 0 Å². The molecule has 0 saturated carbocycles. The van der Waals surface area contributed by atoms with Crippen LogP contribution in [0.2, 0.25) is 0 Å². The first kappa shape index (κ1) is 20.9. The van der Waals surface area contributed by atoms with Crippen LogP contribution >= 0.6 is 0 Å². The van der Waals surface area contributed by atoms with E-state index < -0.39 is 5.82 Å². The van der Waals surface area contributed by atoms with Crippen LogP contribution in [0.15, 0.2) is 65.6 Å². The van der Waals surface area contributed by atoms with E-state index in [4.69, 9.17) is 9.51 Å². The number of hydrogen-bond donors (Lipinski definition) is 0. The molecule has 5 rings (SSSR count). The van der Waals surface area contributed by atoms with E-state index >= 15 is 0 Å². The van der Waals surface area contributed by atoms with Gasteiger partial charge in [0.2, 0.25) is 0 Å². The van der Waals surface area contributed by atoms with Crippen LogP contribution in [0.25, 0.3) is 22.7 Å². The molecule has 4 heterocycles. The highest BCUT2D eigenvalue weighted by Crippen LogP contribution is 2.35. The minimum absolute atomic E-state index is 0.0570. The molecule has 3 aromatic heterocycles. The topological polar surface area (TPSA) is 85.0 Å². The van der Waals surface area contributed by atoms with Gasteiger partial charge in [-0.3, -0.25) is 9.78 Å². The zero-order valence-electron chi connectivity index (χ0n) is 18.1. The largest absolute Gasteiger partial charge is 0.356 e. The summed E-state index contributed by atoms with van der Waals surface area (Å²) in [5, 5.41) is 4.01. The van der Waals surface area contributed by atoms with Crippen molar-refractivity contribution >= 4 is 5.91 Å². The number of aryl methyl sites for hydroxylation is 1. The number of nitrogens with zero attached hydrogens (tertiary/aromatic N) is 5. The van der Waals surface area contributed by atoms with Crippen LogP contribution in [-0.2, 0) is 0 Å². The predicted octanol–water partition coefficient (Wildman–Crippen LogP) is 4.66. The van der Waals surface area contributed by atoms with Crippen LogP contribution in [-0.4, -0.2) is 44.0 Å². The Morgan fingerprint density at radius 3 is 2.76 bits per heavy atom. The molecule has 1 saturated heterocycles. The molecule has 0 N–H and O–H groups in total. The average Bonchev–Trinajstić information content (AvgIpc) is 3.30.